The summed E-state index contributed by atoms with van der Waals surface area (Å²) in [7, 11) is 0. The molecule has 0 spiro atoms. The van der Waals surface area contributed by atoms with Crippen LogP contribution in [0, 0.1) is 11.7 Å². The molecule has 0 aliphatic heterocycles. The van der Waals surface area contributed by atoms with Crippen molar-refractivity contribution in [3.8, 4) is 0 Å². The monoisotopic (exact) mass is 354 g/mol. The highest BCUT2D eigenvalue weighted by Crippen LogP contribution is 2.39. The topological polar surface area (TPSA) is 0 Å². The minimum absolute atomic E-state index is 0.288. The Balaban J connectivity index is 3.00. The van der Waals surface area contributed by atoms with Crippen LogP contribution in [0.2, 0.25) is 5.02 Å². The normalized spacial score (nSPS) is 13.1. The van der Waals surface area contributed by atoms with Gasteiger partial charge in [-0.25, -0.2) is 4.39 Å². The van der Waals surface area contributed by atoms with Crippen molar-refractivity contribution in [1.82, 2.24) is 0 Å². The Morgan fingerprint density at radius 3 is 2.28 bits per heavy atom. The molecule has 0 heterocycles. The van der Waals surface area contributed by atoms with Crippen LogP contribution in [-0.2, 0) is 0 Å². The molecule has 0 saturated carbocycles. The molecule has 4 heteroatoms. The Labute approximate surface area is 127 Å². The van der Waals surface area contributed by atoms with E-state index < -0.39 is 0 Å². The van der Waals surface area contributed by atoms with Crippen molar-refractivity contribution in [2.24, 2.45) is 5.92 Å². The van der Waals surface area contributed by atoms with Crippen LogP contribution in [0.25, 0.3) is 0 Å². The number of hydrogen-bond acceptors (Lipinski definition) is 0. The van der Waals surface area contributed by atoms with E-state index in [9.17, 15) is 4.39 Å². The molecule has 0 aliphatic rings. The number of rotatable bonds is 6. The third-order valence-corrected chi connectivity index (χ3v) is 4.86. The molecule has 1 atom stereocenters. The molecule has 1 aromatic rings. The molecule has 0 N–H and O–H groups in total. The molecule has 0 bridgehead atoms. The molecule has 1 unspecified atom stereocenters. The first-order chi connectivity index (χ1) is 8.51. The third-order valence-electron chi connectivity index (χ3n) is 3.07. The first-order valence-electron chi connectivity index (χ1n) is 6.29. The smallest absolute Gasteiger partial charge is 0.129 e. The lowest BCUT2D eigenvalue weighted by Crippen LogP contribution is -2.09. The van der Waals surface area contributed by atoms with Gasteiger partial charge in [0.1, 0.15) is 5.82 Å². The van der Waals surface area contributed by atoms with Gasteiger partial charge in [-0.3, -0.25) is 0 Å². The number of halogens is 4. The fraction of sp³-hybridized carbons (Fsp3) is 0.571. The van der Waals surface area contributed by atoms with Crippen molar-refractivity contribution in [3.63, 3.8) is 0 Å². The lowest BCUT2D eigenvalue weighted by molar-refractivity contribution is 0.418. The fourth-order valence-corrected chi connectivity index (χ4v) is 3.09. The first-order valence-corrected chi connectivity index (χ1v) is 7.90. The average molecular weight is 356 g/mol. The van der Waals surface area contributed by atoms with Gasteiger partial charge in [0.05, 0.1) is 10.4 Å². The van der Waals surface area contributed by atoms with Crippen LogP contribution in [0.3, 0.4) is 0 Å². The molecule has 1 aromatic carbocycles. The number of benzene rings is 1. The van der Waals surface area contributed by atoms with E-state index in [1.54, 1.807) is 6.07 Å². The van der Waals surface area contributed by atoms with Gasteiger partial charge in [-0.1, -0.05) is 38.3 Å². The van der Waals surface area contributed by atoms with Gasteiger partial charge >= 0.3 is 0 Å². The molecule has 102 valence electrons. The van der Waals surface area contributed by atoms with E-state index in [0.29, 0.717) is 21.0 Å². The second-order valence-corrected chi connectivity index (χ2v) is 6.26. The van der Waals surface area contributed by atoms with Crippen LogP contribution in [0.1, 0.15) is 50.5 Å². The average Bonchev–Trinajstić information content (AvgIpc) is 2.33. The van der Waals surface area contributed by atoms with Crippen LogP contribution in [-0.4, -0.2) is 0 Å². The minimum atomic E-state index is -0.310. The van der Waals surface area contributed by atoms with Gasteiger partial charge in [0.25, 0.3) is 0 Å². The molecule has 0 aliphatic carbocycles. The maximum atomic E-state index is 13.9. The summed E-state index contributed by atoms with van der Waals surface area (Å²) in [6, 6.07) is 3.03. The predicted octanol–water partition coefficient (Wildman–Crippen LogP) is 6.74. The lowest BCUT2D eigenvalue weighted by Gasteiger charge is -2.22. The van der Waals surface area contributed by atoms with Crippen molar-refractivity contribution in [3.05, 3.63) is 33.0 Å². The molecule has 0 nitrogen and oxygen atoms in total. The first kappa shape index (κ1) is 16.3. The molecular formula is C14H18BrCl2F. The van der Waals surface area contributed by atoms with E-state index in [1.807, 2.05) is 0 Å². The summed E-state index contributed by atoms with van der Waals surface area (Å²) >= 11 is 15.7. The molecule has 0 radical (unpaired) electrons. The van der Waals surface area contributed by atoms with Crippen LogP contribution < -0.4 is 0 Å². The van der Waals surface area contributed by atoms with Crippen LogP contribution in [0.5, 0.6) is 0 Å². The Bertz CT molecular complexity index is 390. The summed E-state index contributed by atoms with van der Waals surface area (Å²) in [6.45, 7) is 4.24. The van der Waals surface area contributed by atoms with Gasteiger partial charge in [0.2, 0.25) is 0 Å². The summed E-state index contributed by atoms with van der Waals surface area (Å²) in [4.78, 5) is 0. The maximum Gasteiger partial charge on any atom is 0.129 e. The minimum Gasteiger partial charge on any atom is -0.207 e. The van der Waals surface area contributed by atoms with Crippen molar-refractivity contribution in [2.45, 2.75) is 44.9 Å². The third kappa shape index (κ3) is 4.11. The highest BCUT2D eigenvalue weighted by Gasteiger charge is 2.23. The van der Waals surface area contributed by atoms with Crippen molar-refractivity contribution in [2.75, 3.05) is 0 Å². The largest absolute Gasteiger partial charge is 0.207 e. The number of alkyl halides is 1. The highest BCUT2D eigenvalue weighted by molar-refractivity contribution is 9.10. The van der Waals surface area contributed by atoms with Gasteiger partial charge in [-0.2, -0.15) is 0 Å². The summed E-state index contributed by atoms with van der Waals surface area (Å²) in [5.41, 5.74) is 0.511. The molecule has 18 heavy (non-hydrogen) atoms. The van der Waals surface area contributed by atoms with E-state index in [4.69, 9.17) is 23.2 Å². The van der Waals surface area contributed by atoms with Gasteiger partial charge < -0.3 is 0 Å². The van der Waals surface area contributed by atoms with E-state index in [1.165, 1.54) is 6.07 Å². The summed E-state index contributed by atoms with van der Waals surface area (Å²) in [6.07, 6.45) is 4.13. The molecule has 0 saturated heterocycles. The van der Waals surface area contributed by atoms with Gasteiger partial charge in [0.15, 0.2) is 0 Å². The van der Waals surface area contributed by atoms with Gasteiger partial charge in [0, 0.05) is 10.0 Å². The maximum absolute atomic E-state index is 13.9. The Hall–Kier alpha value is 0.210. The van der Waals surface area contributed by atoms with Gasteiger partial charge in [-0.05, 0) is 46.8 Å². The van der Waals surface area contributed by atoms with Crippen LogP contribution in [0.4, 0.5) is 4.39 Å². The zero-order chi connectivity index (χ0) is 13.7. The Kier molecular flexibility index (Phi) is 6.97. The fourth-order valence-electron chi connectivity index (χ4n) is 2.18. The molecule has 1 rings (SSSR count). The quantitative estimate of drug-likeness (QED) is 0.391. The zero-order valence-electron chi connectivity index (χ0n) is 10.6. The van der Waals surface area contributed by atoms with E-state index >= 15 is 0 Å². The summed E-state index contributed by atoms with van der Waals surface area (Å²) < 4.78 is 14.5. The van der Waals surface area contributed by atoms with Crippen molar-refractivity contribution < 1.29 is 4.39 Å². The van der Waals surface area contributed by atoms with Crippen molar-refractivity contribution >= 4 is 39.1 Å². The molecular weight excluding hydrogens is 338 g/mol. The second kappa shape index (κ2) is 7.72. The predicted molar refractivity (Wildman–Crippen MR) is 81.0 cm³/mol. The zero-order valence-corrected chi connectivity index (χ0v) is 13.7. The molecule has 0 fully saturated rings. The summed E-state index contributed by atoms with van der Waals surface area (Å²) in [5, 5.41) is 0.194. The van der Waals surface area contributed by atoms with E-state index in [0.717, 1.165) is 25.7 Å². The van der Waals surface area contributed by atoms with E-state index in [-0.39, 0.29) is 11.2 Å². The number of hydrogen-bond donors (Lipinski definition) is 0. The van der Waals surface area contributed by atoms with Crippen LogP contribution in [0.15, 0.2) is 16.6 Å². The highest BCUT2D eigenvalue weighted by atomic mass is 79.9. The van der Waals surface area contributed by atoms with Gasteiger partial charge in [-0.15, -0.1) is 11.6 Å². The van der Waals surface area contributed by atoms with Crippen LogP contribution >= 0.6 is 39.1 Å². The standard InChI is InChI=1S/C14H18BrCl2F/c1-3-5-9(6-4-2)14(17)10-7-12(16)11(15)8-13(10)18/h7-9,14H,3-6H2,1-2H3. The Morgan fingerprint density at radius 1 is 1.22 bits per heavy atom. The molecule has 0 amide bonds. The Morgan fingerprint density at radius 2 is 1.78 bits per heavy atom. The SMILES string of the molecule is CCCC(CCC)C(Cl)c1cc(Cl)c(Br)cc1F. The van der Waals surface area contributed by atoms with E-state index in [2.05, 4.69) is 29.8 Å². The molecule has 0 aromatic heterocycles. The lowest BCUT2D eigenvalue weighted by atomic mass is 9.90. The van der Waals surface area contributed by atoms with Crippen molar-refractivity contribution in [1.29, 1.82) is 0 Å². The summed E-state index contributed by atoms with van der Waals surface area (Å²) in [5.74, 6) is 0.0110. The second-order valence-electron chi connectivity index (χ2n) is 4.53.